The molecule has 0 atom stereocenters. The summed E-state index contributed by atoms with van der Waals surface area (Å²) in [6.07, 6.45) is 7.22. The van der Waals surface area contributed by atoms with Gasteiger partial charge in [-0.05, 0) is 51.0 Å². The van der Waals surface area contributed by atoms with Gasteiger partial charge in [0.15, 0.2) is 0 Å². The summed E-state index contributed by atoms with van der Waals surface area (Å²) in [6, 6.07) is 5.97. The number of likely N-dealkylation sites (tertiary alicyclic amines) is 1. The van der Waals surface area contributed by atoms with Crippen molar-refractivity contribution in [2.75, 3.05) is 31.5 Å². The lowest BCUT2D eigenvalue weighted by molar-refractivity contribution is 0.228. The molecule has 104 valence electrons. The Hall–Kier alpha value is -0.510. The summed E-state index contributed by atoms with van der Waals surface area (Å²) in [6.45, 7) is 4.83. The first-order valence-corrected chi connectivity index (χ1v) is 6.32. The van der Waals surface area contributed by atoms with Crippen LogP contribution in [0.4, 0.5) is 5.82 Å². The molecule has 0 aromatic carbocycles. The molecule has 0 spiro atoms. The zero-order chi connectivity index (χ0) is 11.1. The van der Waals surface area contributed by atoms with Crippen LogP contribution in [0.25, 0.3) is 0 Å². The van der Waals surface area contributed by atoms with E-state index in [1.54, 1.807) is 0 Å². The zero-order valence-corrected chi connectivity index (χ0v) is 12.3. The van der Waals surface area contributed by atoms with Gasteiger partial charge in [0.05, 0.1) is 0 Å². The van der Waals surface area contributed by atoms with Crippen molar-refractivity contribution in [1.29, 1.82) is 0 Å². The maximum Gasteiger partial charge on any atom is 0.125 e. The Morgan fingerprint density at radius 3 is 2.56 bits per heavy atom. The van der Waals surface area contributed by atoms with Crippen molar-refractivity contribution >= 4 is 30.6 Å². The average molecular weight is 292 g/mol. The van der Waals surface area contributed by atoms with Crippen LogP contribution >= 0.6 is 24.8 Å². The summed E-state index contributed by atoms with van der Waals surface area (Å²) in [7, 11) is 0. The molecule has 1 aliphatic heterocycles. The van der Waals surface area contributed by atoms with Crippen molar-refractivity contribution < 1.29 is 0 Å². The van der Waals surface area contributed by atoms with Gasteiger partial charge in [-0.3, -0.25) is 0 Å². The third-order valence-electron chi connectivity index (χ3n) is 3.07. The lowest BCUT2D eigenvalue weighted by Gasteiger charge is -2.26. The summed E-state index contributed by atoms with van der Waals surface area (Å²) in [5.74, 6) is 0.987. The van der Waals surface area contributed by atoms with Gasteiger partial charge in [-0.2, -0.15) is 0 Å². The van der Waals surface area contributed by atoms with Crippen LogP contribution in [0.15, 0.2) is 24.4 Å². The van der Waals surface area contributed by atoms with Crippen molar-refractivity contribution in [3.63, 3.8) is 0 Å². The van der Waals surface area contributed by atoms with Gasteiger partial charge in [-0.25, -0.2) is 4.98 Å². The molecule has 1 aliphatic rings. The molecule has 0 bridgehead atoms. The summed E-state index contributed by atoms with van der Waals surface area (Å²) in [5.41, 5.74) is 0. The minimum atomic E-state index is 0. The summed E-state index contributed by atoms with van der Waals surface area (Å²) >= 11 is 0. The SMILES string of the molecule is Cl.Cl.c1ccc(NCCCN2CCCCC2)nc1. The summed E-state index contributed by atoms with van der Waals surface area (Å²) in [4.78, 5) is 6.81. The number of nitrogens with one attached hydrogen (secondary N) is 1. The second kappa shape index (κ2) is 10.4. The van der Waals surface area contributed by atoms with Crippen LogP contribution in [0.5, 0.6) is 0 Å². The smallest absolute Gasteiger partial charge is 0.125 e. The first-order chi connectivity index (χ1) is 7.95. The van der Waals surface area contributed by atoms with Crippen molar-refractivity contribution in [2.24, 2.45) is 0 Å². The van der Waals surface area contributed by atoms with Gasteiger partial charge >= 0.3 is 0 Å². The standard InChI is InChI=1S/C13H21N3.2ClH/c1-4-10-16(11-5-1)12-6-9-15-13-7-2-3-8-14-13;;/h2-3,7-8H,1,4-6,9-12H2,(H,14,15);2*1H. The molecule has 0 aliphatic carbocycles. The molecule has 2 heterocycles. The number of rotatable bonds is 5. The largest absolute Gasteiger partial charge is 0.370 e. The predicted molar refractivity (Wildman–Crippen MR) is 82.1 cm³/mol. The Morgan fingerprint density at radius 1 is 1.11 bits per heavy atom. The van der Waals surface area contributed by atoms with Gasteiger partial charge in [-0.15, -0.1) is 24.8 Å². The summed E-state index contributed by atoms with van der Waals surface area (Å²) < 4.78 is 0. The van der Waals surface area contributed by atoms with Crippen LogP contribution in [-0.2, 0) is 0 Å². The van der Waals surface area contributed by atoms with Crippen molar-refractivity contribution in [3.8, 4) is 0 Å². The van der Waals surface area contributed by atoms with E-state index in [1.807, 2.05) is 24.4 Å². The van der Waals surface area contributed by atoms with Crippen LogP contribution in [0, 0.1) is 0 Å². The number of nitrogens with zero attached hydrogens (tertiary/aromatic N) is 2. The fraction of sp³-hybridized carbons (Fsp3) is 0.615. The van der Waals surface area contributed by atoms with Crippen LogP contribution in [-0.4, -0.2) is 36.1 Å². The molecule has 1 aromatic heterocycles. The fourth-order valence-electron chi connectivity index (χ4n) is 2.17. The van der Waals surface area contributed by atoms with E-state index in [9.17, 15) is 0 Å². The first kappa shape index (κ1) is 17.5. The van der Waals surface area contributed by atoms with E-state index in [1.165, 1.54) is 45.3 Å². The van der Waals surface area contributed by atoms with Gasteiger partial charge in [0.2, 0.25) is 0 Å². The van der Waals surface area contributed by atoms with Crippen LogP contribution in [0.3, 0.4) is 0 Å². The Morgan fingerprint density at radius 2 is 1.89 bits per heavy atom. The molecule has 0 saturated carbocycles. The molecule has 1 aromatic rings. The number of pyridine rings is 1. The topological polar surface area (TPSA) is 28.2 Å². The fourth-order valence-corrected chi connectivity index (χ4v) is 2.17. The number of halogens is 2. The normalized spacial score (nSPS) is 15.3. The van der Waals surface area contributed by atoms with E-state index in [2.05, 4.69) is 15.2 Å². The molecular formula is C13H23Cl2N3. The Labute approximate surface area is 122 Å². The van der Waals surface area contributed by atoms with Gasteiger partial charge in [0, 0.05) is 12.7 Å². The van der Waals surface area contributed by atoms with Crippen molar-refractivity contribution in [1.82, 2.24) is 9.88 Å². The number of hydrogen-bond donors (Lipinski definition) is 1. The minimum absolute atomic E-state index is 0. The van der Waals surface area contributed by atoms with E-state index in [0.29, 0.717) is 0 Å². The van der Waals surface area contributed by atoms with E-state index in [4.69, 9.17) is 0 Å². The molecular weight excluding hydrogens is 269 g/mol. The van der Waals surface area contributed by atoms with Gasteiger partial charge in [0.1, 0.15) is 5.82 Å². The van der Waals surface area contributed by atoms with Crippen LogP contribution in [0.1, 0.15) is 25.7 Å². The van der Waals surface area contributed by atoms with E-state index in [-0.39, 0.29) is 24.8 Å². The maximum absolute atomic E-state index is 4.24. The molecule has 5 heteroatoms. The Balaban J connectivity index is 0.00000144. The molecule has 0 unspecified atom stereocenters. The van der Waals surface area contributed by atoms with Crippen molar-refractivity contribution in [3.05, 3.63) is 24.4 Å². The third-order valence-corrected chi connectivity index (χ3v) is 3.07. The van der Waals surface area contributed by atoms with Crippen LogP contribution < -0.4 is 5.32 Å². The lowest BCUT2D eigenvalue weighted by atomic mass is 10.1. The van der Waals surface area contributed by atoms with Gasteiger partial charge in [-0.1, -0.05) is 12.5 Å². The Kier molecular flexibility index (Phi) is 10.1. The highest BCUT2D eigenvalue weighted by Gasteiger charge is 2.08. The quantitative estimate of drug-likeness (QED) is 0.845. The van der Waals surface area contributed by atoms with E-state index >= 15 is 0 Å². The first-order valence-electron chi connectivity index (χ1n) is 6.32. The predicted octanol–water partition coefficient (Wildman–Crippen LogP) is 3.21. The highest BCUT2D eigenvalue weighted by Crippen LogP contribution is 2.08. The second-order valence-corrected chi connectivity index (χ2v) is 4.40. The lowest BCUT2D eigenvalue weighted by Crippen LogP contribution is -2.31. The molecule has 3 nitrogen and oxygen atoms in total. The highest BCUT2D eigenvalue weighted by atomic mass is 35.5. The van der Waals surface area contributed by atoms with Crippen LogP contribution in [0.2, 0.25) is 0 Å². The van der Waals surface area contributed by atoms with Gasteiger partial charge in [0.25, 0.3) is 0 Å². The van der Waals surface area contributed by atoms with E-state index < -0.39 is 0 Å². The summed E-state index contributed by atoms with van der Waals surface area (Å²) in [5, 5.41) is 3.35. The Bertz CT molecular complexity index is 290. The molecule has 18 heavy (non-hydrogen) atoms. The molecule has 1 N–H and O–H groups in total. The van der Waals surface area contributed by atoms with E-state index in [0.717, 1.165) is 12.4 Å². The third kappa shape index (κ3) is 6.43. The van der Waals surface area contributed by atoms with Gasteiger partial charge < -0.3 is 10.2 Å². The zero-order valence-electron chi connectivity index (χ0n) is 10.7. The number of piperidine rings is 1. The monoisotopic (exact) mass is 291 g/mol. The maximum atomic E-state index is 4.24. The average Bonchev–Trinajstić information content (AvgIpc) is 2.37. The highest BCUT2D eigenvalue weighted by molar-refractivity contribution is 5.85. The number of aromatic nitrogens is 1. The molecule has 0 radical (unpaired) electrons. The number of anilines is 1. The number of hydrogen-bond acceptors (Lipinski definition) is 3. The molecule has 1 saturated heterocycles. The minimum Gasteiger partial charge on any atom is -0.370 e. The molecule has 1 fully saturated rings. The second-order valence-electron chi connectivity index (χ2n) is 4.40. The van der Waals surface area contributed by atoms with Crippen molar-refractivity contribution in [2.45, 2.75) is 25.7 Å². The molecule has 2 rings (SSSR count). The molecule has 0 amide bonds.